The number of hydrogen-bond acceptors (Lipinski definition) is 3. The average molecular weight is 273 g/mol. The Kier molecular flexibility index (Phi) is 3.31. The summed E-state index contributed by atoms with van der Waals surface area (Å²) in [5.74, 6) is 3.72. The molecule has 1 saturated heterocycles. The Bertz CT molecular complexity index is 488. The third kappa shape index (κ3) is 2.28. The summed E-state index contributed by atoms with van der Waals surface area (Å²) in [6.45, 7) is 2.59. The fraction of sp³-hybridized carbons (Fsp3) is 0.647. The van der Waals surface area contributed by atoms with E-state index in [0.29, 0.717) is 13.2 Å². The van der Waals surface area contributed by atoms with Crippen molar-refractivity contribution in [1.29, 1.82) is 0 Å². The van der Waals surface area contributed by atoms with E-state index in [2.05, 4.69) is 23.5 Å². The highest BCUT2D eigenvalue weighted by Gasteiger charge is 2.38. The van der Waals surface area contributed by atoms with Crippen LogP contribution in [0.15, 0.2) is 18.2 Å². The number of hydrogen-bond donors (Lipinski definition) is 1. The molecule has 1 saturated carbocycles. The van der Waals surface area contributed by atoms with Crippen LogP contribution < -0.4 is 14.8 Å². The van der Waals surface area contributed by atoms with E-state index in [1.807, 2.05) is 0 Å². The summed E-state index contributed by atoms with van der Waals surface area (Å²) in [4.78, 5) is 0. The van der Waals surface area contributed by atoms with Crippen LogP contribution >= 0.6 is 0 Å². The van der Waals surface area contributed by atoms with Crippen molar-refractivity contribution in [3.05, 3.63) is 23.8 Å². The number of fused-ring (bicyclic) bond motifs is 2. The predicted octanol–water partition coefficient (Wildman–Crippen LogP) is 2.78. The zero-order chi connectivity index (χ0) is 13.4. The van der Waals surface area contributed by atoms with E-state index >= 15 is 0 Å². The van der Waals surface area contributed by atoms with E-state index in [9.17, 15) is 0 Å². The van der Waals surface area contributed by atoms with Crippen molar-refractivity contribution in [3.8, 4) is 11.5 Å². The van der Waals surface area contributed by atoms with Crippen molar-refractivity contribution in [3.63, 3.8) is 0 Å². The molecule has 3 unspecified atom stereocenters. The summed E-state index contributed by atoms with van der Waals surface area (Å²) < 4.78 is 11.2. The molecule has 4 rings (SSSR count). The maximum absolute atomic E-state index is 5.66. The molecule has 0 bridgehead atoms. The van der Waals surface area contributed by atoms with E-state index in [1.54, 1.807) is 0 Å². The van der Waals surface area contributed by atoms with Crippen LogP contribution in [0, 0.1) is 11.8 Å². The molecule has 0 radical (unpaired) electrons. The molecule has 2 fully saturated rings. The van der Waals surface area contributed by atoms with Crippen LogP contribution in [0.4, 0.5) is 0 Å². The smallest absolute Gasteiger partial charge is 0.161 e. The lowest BCUT2D eigenvalue weighted by molar-refractivity contribution is 0.171. The van der Waals surface area contributed by atoms with E-state index in [4.69, 9.17) is 9.47 Å². The monoisotopic (exact) mass is 273 g/mol. The van der Waals surface area contributed by atoms with Gasteiger partial charge in [-0.1, -0.05) is 12.5 Å². The summed E-state index contributed by atoms with van der Waals surface area (Å²) in [5, 5.41) is 3.74. The van der Waals surface area contributed by atoms with Gasteiger partial charge in [-0.05, 0) is 61.8 Å². The number of nitrogens with one attached hydrogen (secondary N) is 1. The molecule has 1 aliphatic carbocycles. The van der Waals surface area contributed by atoms with Crippen molar-refractivity contribution in [2.24, 2.45) is 11.8 Å². The molecule has 3 atom stereocenters. The highest BCUT2D eigenvalue weighted by atomic mass is 16.6. The minimum atomic E-state index is 0.668. The van der Waals surface area contributed by atoms with Crippen molar-refractivity contribution in [2.45, 2.75) is 38.1 Å². The van der Waals surface area contributed by atoms with Crippen LogP contribution in [0.25, 0.3) is 0 Å². The van der Waals surface area contributed by atoms with Gasteiger partial charge in [0, 0.05) is 6.04 Å². The van der Waals surface area contributed by atoms with Gasteiger partial charge in [0.2, 0.25) is 0 Å². The molecule has 1 aromatic carbocycles. The second kappa shape index (κ2) is 5.28. The van der Waals surface area contributed by atoms with E-state index in [0.717, 1.165) is 35.8 Å². The normalized spacial score (nSPS) is 31.3. The van der Waals surface area contributed by atoms with Gasteiger partial charge in [0.1, 0.15) is 13.2 Å². The van der Waals surface area contributed by atoms with Gasteiger partial charge < -0.3 is 14.8 Å². The molecule has 3 nitrogen and oxygen atoms in total. The molecule has 1 N–H and O–H groups in total. The van der Waals surface area contributed by atoms with E-state index < -0.39 is 0 Å². The Hall–Kier alpha value is -1.22. The lowest BCUT2D eigenvalue weighted by Gasteiger charge is -2.20. The van der Waals surface area contributed by atoms with E-state index in [-0.39, 0.29) is 0 Å². The first-order valence-electron chi connectivity index (χ1n) is 8.02. The van der Waals surface area contributed by atoms with Gasteiger partial charge in [0.25, 0.3) is 0 Å². The van der Waals surface area contributed by atoms with Gasteiger partial charge in [-0.25, -0.2) is 0 Å². The van der Waals surface area contributed by atoms with Gasteiger partial charge in [-0.15, -0.1) is 0 Å². The molecule has 20 heavy (non-hydrogen) atoms. The SMILES string of the molecule is c1cc2c(cc1CCC1NCC3CCCC31)OCCO2. The molecule has 108 valence electrons. The lowest BCUT2D eigenvalue weighted by Crippen LogP contribution is -2.27. The van der Waals surface area contributed by atoms with Crippen molar-refractivity contribution in [2.75, 3.05) is 19.8 Å². The Labute approximate surface area is 120 Å². The maximum atomic E-state index is 5.66. The fourth-order valence-electron chi connectivity index (χ4n) is 4.18. The zero-order valence-corrected chi connectivity index (χ0v) is 11.9. The van der Waals surface area contributed by atoms with Crippen molar-refractivity contribution in [1.82, 2.24) is 5.32 Å². The first-order chi connectivity index (χ1) is 9.90. The molecule has 2 heterocycles. The second-order valence-corrected chi connectivity index (χ2v) is 6.39. The van der Waals surface area contributed by atoms with Gasteiger partial charge in [-0.3, -0.25) is 0 Å². The standard InChI is InChI=1S/C17H23NO2/c1-2-13-11-18-15(14(13)3-1)6-4-12-5-7-16-17(10-12)20-9-8-19-16/h5,7,10,13-15,18H,1-4,6,8-9,11H2. The van der Waals surface area contributed by atoms with Crippen LogP contribution in [-0.2, 0) is 6.42 Å². The van der Waals surface area contributed by atoms with Gasteiger partial charge >= 0.3 is 0 Å². The van der Waals surface area contributed by atoms with Crippen LogP contribution in [-0.4, -0.2) is 25.8 Å². The van der Waals surface area contributed by atoms with Gasteiger partial charge in [-0.2, -0.15) is 0 Å². The summed E-state index contributed by atoms with van der Waals surface area (Å²) in [5.41, 5.74) is 1.37. The summed E-state index contributed by atoms with van der Waals surface area (Å²) in [6.07, 6.45) is 6.71. The molecular weight excluding hydrogens is 250 g/mol. The Morgan fingerprint density at radius 2 is 2.00 bits per heavy atom. The summed E-state index contributed by atoms with van der Waals surface area (Å²) >= 11 is 0. The predicted molar refractivity (Wildman–Crippen MR) is 78.4 cm³/mol. The van der Waals surface area contributed by atoms with Gasteiger partial charge in [0.15, 0.2) is 11.5 Å². The molecule has 1 aromatic rings. The minimum absolute atomic E-state index is 0.668. The first-order valence-corrected chi connectivity index (χ1v) is 8.02. The first kappa shape index (κ1) is 12.5. The number of rotatable bonds is 3. The van der Waals surface area contributed by atoms with E-state index in [1.165, 1.54) is 37.8 Å². The maximum Gasteiger partial charge on any atom is 0.161 e. The van der Waals surface area contributed by atoms with Crippen LogP contribution in [0.1, 0.15) is 31.2 Å². The summed E-state index contributed by atoms with van der Waals surface area (Å²) in [7, 11) is 0. The fourth-order valence-corrected chi connectivity index (χ4v) is 4.18. The molecule has 0 amide bonds. The highest BCUT2D eigenvalue weighted by Crippen LogP contribution is 2.39. The molecule has 0 aromatic heterocycles. The van der Waals surface area contributed by atoms with Crippen LogP contribution in [0.3, 0.4) is 0 Å². The lowest BCUT2D eigenvalue weighted by atomic mass is 9.90. The van der Waals surface area contributed by atoms with Crippen molar-refractivity contribution < 1.29 is 9.47 Å². The summed E-state index contributed by atoms with van der Waals surface area (Å²) in [6, 6.07) is 7.14. The number of benzene rings is 1. The molecule has 3 aliphatic rings. The number of ether oxygens (including phenoxy) is 2. The van der Waals surface area contributed by atoms with Crippen LogP contribution in [0.2, 0.25) is 0 Å². The quantitative estimate of drug-likeness (QED) is 0.918. The average Bonchev–Trinajstić information content (AvgIpc) is 3.08. The third-order valence-corrected chi connectivity index (χ3v) is 5.23. The van der Waals surface area contributed by atoms with Crippen molar-refractivity contribution >= 4 is 0 Å². The Morgan fingerprint density at radius 3 is 2.95 bits per heavy atom. The number of aryl methyl sites for hydroxylation is 1. The Balaban J connectivity index is 1.39. The Morgan fingerprint density at radius 1 is 1.10 bits per heavy atom. The molecule has 2 aliphatic heterocycles. The molecule has 0 spiro atoms. The molecule has 3 heteroatoms. The zero-order valence-electron chi connectivity index (χ0n) is 11.9. The van der Waals surface area contributed by atoms with Crippen LogP contribution in [0.5, 0.6) is 11.5 Å². The largest absolute Gasteiger partial charge is 0.486 e. The topological polar surface area (TPSA) is 30.5 Å². The van der Waals surface area contributed by atoms with Gasteiger partial charge in [0.05, 0.1) is 0 Å². The molecular formula is C17H23NO2. The third-order valence-electron chi connectivity index (χ3n) is 5.23. The second-order valence-electron chi connectivity index (χ2n) is 6.39. The highest BCUT2D eigenvalue weighted by molar-refractivity contribution is 5.43. The minimum Gasteiger partial charge on any atom is -0.486 e.